The lowest BCUT2D eigenvalue weighted by atomic mass is 10.2. The van der Waals surface area contributed by atoms with Crippen LogP contribution in [0, 0.1) is 10.1 Å². The number of nitro benzene ring substituents is 1. The second-order valence-electron chi connectivity index (χ2n) is 4.00. The highest BCUT2D eigenvalue weighted by Gasteiger charge is 2.21. The number of benzene rings is 1. The van der Waals surface area contributed by atoms with Gasteiger partial charge in [0.1, 0.15) is 11.4 Å². The molecular formula is C12H19N3O3. The first-order valence-corrected chi connectivity index (χ1v) is 5.95. The number of aliphatic hydroxyl groups is 1. The van der Waals surface area contributed by atoms with Crippen LogP contribution in [-0.4, -0.2) is 36.8 Å². The van der Waals surface area contributed by atoms with Gasteiger partial charge < -0.3 is 15.3 Å². The number of aliphatic hydroxyl groups excluding tert-OH is 1. The maximum atomic E-state index is 11.2. The molecule has 0 aliphatic carbocycles. The molecule has 100 valence electrons. The number of anilines is 2. The molecule has 0 spiro atoms. The van der Waals surface area contributed by atoms with E-state index in [1.807, 2.05) is 6.92 Å². The number of hydrogen-bond acceptors (Lipinski definition) is 5. The predicted molar refractivity (Wildman–Crippen MR) is 72.2 cm³/mol. The summed E-state index contributed by atoms with van der Waals surface area (Å²) in [6, 6.07) is 5.16. The van der Waals surface area contributed by atoms with E-state index in [2.05, 4.69) is 5.32 Å². The molecule has 1 aromatic carbocycles. The Hall–Kier alpha value is -1.82. The summed E-state index contributed by atoms with van der Waals surface area (Å²) in [5, 5.41) is 23.2. The minimum atomic E-state index is -0.388. The van der Waals surface area contributed by atoms with Crippen LogP contribution in [-0.2, 0) is 0 Å². The monoisotopic (exact) mass is 253 g/mol. The summed E-state index contributed by atoms with van der Waals surface area (Å²) < 4.78 is 0. The molecule has 0 heterocycles. The third kappa shape index (κ3) is 3.33. The van der Waals surface area contributed by atoms with Crippen molar-refractivity contribution in [3.8, 4) is 0 Å². The third-order valence-corrected chi connectivity index (χ3v) is 2.61. The van der Waals surface area contributed by atoms with Crippen molar-refractivity contribution in [2.75, 3.05) is 37.0 Å². The van der Waals surface area contributed by atoms with E-state index in [1.54, 1.807) is 30.1 Å². The highest BCUT2D eigenvalue weighted by molar-refractivity contribution is 5.76. The van der Waals surface area contributed by atoms with E-state index >= 15 is 0 Å². The highest BCUT2D eigenvalue weighted by atomic mass is 16.6. The number of rotatable bonds is 7. The Morgan fingerprint density at radius 3 is 2.78 bits per heavy atom. The molecule has 0 saturated heterocycles. The van der Waals surface area contributed by atoms with E-state index in [1.165, 1.54) is 0 Å². The van der Waals surface area contributed by atoms with Gasteiger partial charge in [-0.1, -0.05) is 13.0 Å². The molecule has 0 bridgehead atoms. The van der Waals surface area contributed by atoms with Gasteiger partial charge in [0.15, 0.2) is 0 Å². The molecule has 0 fully saturated rings. The van der Waals surface area contributed by atoms with E-state index in [4.69, 9.17) is 5.11 Å². The molecule has 18 heavy (non-hydrogen) atoms. The SMILES string of the molecule is CCCNc1cccc(N(C)CCO)c1[N+](=O)[O-]. The lowest BCUT2D eigenvalue weighted by Crippen LogP contribution is -2.22. The number of nitro groups is 1. The van der Waals surface area contributed by atoms with Crippen molar-refractivity contribution in [3.05, 3.63) is 28.3 Å². The van der Waals surface area contributed by atoms with Gasteiger partial charge in [0.2, 0.25) is 0 Å². The normalized spacial score (nSPS) is 10.2. The smallest absolute Gasteiger partial charge is 0.315 e. The molecule has 0 radical (unpaired) electrons. The van der Waals surface area contributed by atoms with Crippen LogP contribution in [0.1, 0.15) is 13.3 Å². The standard InChI is InChI=1S/C12H19N3O3/c1-3-7-13-10-5-4-6-11(12(10)15(17)18)14(2)8-9-16/h4-6,13,16H,3,7-9H2,1-2H3. The van der Waals surface area contributed by atoms with Crippen molar-refractivity contribution in [3.63, 3.8) is 0 Å². The third-order valence-electron chi connectivity index (χ3n) is 2.61. The van der Waals surface area contributed by atoms with E-state index in [0.717, 1.165) is 6.42 Å². The Labute approximate surface area is 106 Å². The van der Waals surface area contributed by atoms with Crippen LogP contribution in [0.4, 0.5) is 17.1 Å². The molecule has 1 aromatic rings. The first kappa shape index (κ1) is 14.2. The first-order valence-electron chi connectivity index (χ1n) is 5.95. The average Bonchev–Trinajstić information content (AvgIpc) is 2.35. The van der Waals surface area contributed by atoms with Crippen LogP contribution in [0.15, 0.2) is 18.2 Å². The number of nitrogens with zero attached hydrogens (tertiary/aromatic N) is 2. The largest absolute Gasteiger partial charge is 0.395 e. The van der Waals surface area contributed by atoms with Gasteiger partial charge in [0.25, 0.3) is 0 Å². The van der Waals surface area contributed by atoms with Gasteiger partial charge in [0.05, 0.1) is 11.5 Å². The van der Waals surface area contributed by atoms with Gasteiger partial charge in [-0.25, -0.2) is 0 Å². The van der Waals surface area contributed by atoms with Crippen molar-refractivity contribution >= 4 is 17.1 Å². The van der Waals surface area contributed by atoms with Gasteiger partial charge in [-0.3, -0.25) is 10.1 Å². The molecule has 0 aliphatic heterocycles. The number of likely N-dealkylation sites (N-methyl/N-ethyl adjacent to an activating group) is 1. The van der Waals surface area contributed by atoms with Crippen molar-refractivity contribution in [1.29, 1.82) is 0 Å². The molecule has 0 atom stereocenters. The molecule has 1 rings (SSSR count). The second-order valence-corrected chi connectivity index (χ2v) is 4.00. The first-order chi connectivity index (χ1) is 8.61. The van der Waals surface area contributed by atoms with E-state index < -0.39 is 0 Å². The van der Waals surface area contributed by atoms with Crippen molar-refractivity contribution in [1.82, 2.24) is 0 Å². The van der Waals surface area contributed by atoms with Gasteiger partial charge in [-0.2, -0.15) is 0 Å². The van der Waals surface area contributed by atoms with Crippen molar-refractivity contribution in [2.45, 2.75) is 13.3 Å². The van der Waals surface area contributed by atoms with Gasteiger partial charge in [0, 0.05) is 20.1 Å². The number of para-hydroxylation sites is 1. The molecule has 2 N–H and O–H groups in total. The van der Waals surface area contributed by atoms with Gasteiger partial charge in [-0.05, 0) is 18.6 Å². The van der Waals surface area contributed by atoms with Crippen LogP contribution in [0.25, 0.3) is 0 Å². The molecule has 0 amide bonds. The predicted octanol–water partition coefficient (Wildman–Crippen LogP) is 1.85. The molecule has 0 aromatic heterocycles. The Bertz CT molecular complexity index is 410. The fourth-order valence-electron chi connectivity index (χ4n) is 1.70. The van der Waals surface area contributed by atoms with Crippen LogP contribution in [0.3, 0.4) is 0 Å². The second kappa shape index (κ2) is 6.80. The Balaban J connectivity index is 3.12. The molecular weight excluding hydrogens is 234 g/mol. The molecule has 6 heteroatoms. The maximum absolute atomic E-state index is 11.2. The molecule has 6 nitrogen and oxygen atoms in total. The lowest BCUT2D eigenvalue weighted by molar-refractivity contribution is -0.383. The Morgan fingerprint density at radius 1 is 1.50 bits per heavy atom. The molecule has 0 aliphatic rings. The molecule has 0 saturated carbocycles. The van der Waals surface area contributed by atoms with Gasteiger partial charge in [-0.15, -0.1) is 0 Å². The summed E-state index contributed by atoms with van der Waals surface area (Å²) in [5.74, 6) is 0. The van der Waals surface area contributed by atoms with Crippen molar-refractivity contribution in [2.24, 2.45) is 0 Å². The van der Waals surface area contributed by atoms with Crippen LogP contribution >= 0.6 is 0 Å². The average molecular weight is 253 g/mol. The van der Waals surface area contributed by atoms with E-state index in [9.17, 15) is 10.1 Å². The zero-order valence-corrected chi connectivity index (χ0v) is 10.7. The zero-order chi connectivity index (χ0) is 13.5. The Kier molecular flexibility index (Phi) is 5.38. The van der Waals surface area contributed by atoms with Crippen LogP contribution < -0.4 is 10.2 Å². The number of hydrogen-bond donors (Lipinski definition) is 2. The summed E-state index contributed by atoms with van der Waals surface area (Å²) in [4.78, 5) is 12.5. The summed E-state index contributed by atoms with van der Waals surface area (Å²) in [6.45, 7) is 3.01. The van der Waals surface area contributed by atoms with Crippen LogP contribution in [0.2, 0.25) is 0 Å². The fraction of sp³-hybridized carbons (Fsp3) is 0.500. The number of nitrogens with one attached hydrogen (secondary N) is 1. The topological polar surface area (TPSA) is 78.6 Å². The van der Waals surface area contributed by atoms with Crippen LogP contribution in [0.5, 0.6) is 0 Å². The minimum absolute atomic E-state index is 0.0414. The Morgan fingerprint density at radius 2 is 2.22 bits per heavy atom. The minimum Gasteiger partial charge on any atom is -0.395 e. The van der Waals surface area contributed by atoms with Gasteiger partial charge >= 0.3 is 5.69 Å². The summed E-state index contributed by atoms with van der Waals surface area (Å²) >= 11 is 0. The van der Waals surface area contributed by atoms with Crippen molar-refractivity contribution < 1.29 is 10.0 Å². The highest BCUT2D eigenvalue weighted by Crippen LogP contribution is 2.34. The maximum Gasteiger partial charge on any atom is 0.315 e. The lowest BCUT2D eigenvalue weighted by Gasteiger charge is -2.19. The summed E-state index contributed by atoms with van der Waals surface area (Å²) in [5.41, 5.74) is 1.08. The summed E-state index contributed by atoms with van der Waals surface area (Å²) in [7, 11) is 1.72. The van der Waals surface area contributed by atoms with E-state index in [0.29, 0.717) is 24.5 Å². The summed E-state index contributed by atoms with van der Waals surface area (Å²) in [6.07, 6.45) is 0.897. The molecule has 0 unspecified atom stereocenters. The zero-order valence-electron chi connectivity index (χ0n) is 10.7. The quantitative estimate of drug-likeness (QED) is 0.572. The fourth-order valence-corrected chi connectivity index (χ4v) is 1.70. The van der Waals surface area contributed by atoms with E-state index in [-0.39, 0.29) is 17.2 Å².